The second-order valence-electron chi connectivity index (χ2n) is 17.4. The number of aromatic nitrogens is 1. The van der Waals surface area contributed by atoms with E-state index in [1.54, 1.807) is 18.9 Å². The quantitative estimate of drug-likeness (QED) is 0.159. The van der Waals surface area contributed by atoms with Crippen molar-refractivity contribution in [3.05, 3.63) is 41.6 Å². The number of rotatable bonds is 12. The lowest BCUT2D eigenvalue weighted by molar-refractivity contribution is -0.141. The average molecular weight is 810 g/mol. The van der Waals surface area contributed by atoms with Gasteiger partial charge in [-0.25, -0.2) is 13.4 Å². The van der Waals surface area contributed by atoms with Gasteiger partial charge in [0.25, 0.3) is 5.91 Å². The molecule has 5 atom stereocenters. The number of fused-ring (bicyclic) bond motifs is 5. The van der Waals surface area contributed by atoms with Crippen LogP contribution in [0.4, 0.5) is 0 Å². The van der Waals surface area contributed by atoms with Gasteiger partial charge in [0.05, 0.1) is 48.5 Å². The van der Waals surface area contributed by atoms with Gasteiger partial charge >= 0.3 is 0 Å². The van der Waals surface area contributed by atoms with Gasteiger partial charge in [-0.2, -0.15) is 0 Å². The molecule has 0 radical (unpaired) electrons. The largest absolute Gasteiger partial charge is 0.491 e. The van der Waals surface area contributed by atoms with E-state index in [2.05, 4.69) is 29.2 Å². The molecule has 3 aliphatic heterocycles. The van der Waals surface area contributed by atoms with E-state index in [9.17, 15) is 22.8 Å². The van der Waals surface area contributed by atoms with Crippen molar-refractivity contribution in [2.45, 2.75) is 126 Å². The third kappa shape index (κ3) is 8.67. The maximum Gasteiger partial charge on any atom is 0.259 e. The van der Waals surface area contributed by atoms with E-state index >= 15 is 0 Å². The van der Waals surface area contributed by atoms with Gasteiger partial charge in [-0.05, 0) is 89.3 Å². The Morgan fingerprint density at radius 2 is 1.93 bits per heavy atom. The first-order valence-corrected chi connectivity index (χ1v) is 22.1. The third-order valence-electron chi connectivity index (χ3n) is 12.4. The highest BCUT2D eigenvalue weighted by molar-refractivity contribution is 7.91. The Bertz CT molecular complexity index is 2000. The van der Waals surface area contributed by atoms with Gasteiger partial charge < -0.3 is 29.2 Å². The molecule has 4 heterocycles. The highest BCUT2D eigenvalue weighted by Gasteiger charge is 2.64. The van der Waals surface area contributed by atoms with Crippen molar-refractivity contribution in [2.75, 3.05) is 40.2 Å². The summed E-state index contributed by atoms with van der Waals surface area (Å²) in [4.78, 5) is 50.0. The van der Waals surface area contributed by atoms with Crippen molar-refractivity contribution >= 4 is 38.6 Å². The zero-order valence-electron chi connectivity index (χ0n) is 34.0. The summed E-state index contributed by atoms with van der Waals surface area (Å²) in [6, 6.07) is 4.21. The summed E-state index contributed by atoms with van der Waals surface area (Å²) in [5.41, 5.74) is 0.156. The van der Waals surface area contributed by atoms with E-state index in [0.29, 0.717) is 75.0 Å². The van der Waals surface area contributed by atoms with E-state index < -0.39 is 49.8 Å². The molecule has 15 heteroatoms. The molecule has 2 saturated carbocycles. The summed E-state index contributed by atoms with van der Waals surface area (Å²) in [6.07, 6.45) is 10.4. The lowest BCUT2D eigenvalue weighted by atomic mass is 9.87. The standard InChI is InChI=1S/C42H59N5O9S/c1-27(2)24-54-26-43-34-12-10-8-6-7-9-11-29-22-42(29,39(50)46-57(51,52)40(4)17-18-40)45-37(48)35-23-41(25-47(35)38(34)49)16-15-31-32-21-30(55-20-19-53-5)13-14-33(32)44-28(3)36(31)56-41/h9,11,13-14,21,27,29,34-35,43H,6-8,10,12,15-20,22-26H2,1-5H3,(H,45,48)(H,46,50). The molecule has 1 aromatic carbocycles. The first kappa shape index (κ1) is 41.4. The average Bonchev–Trinajstić information content (AvgIpc) is 4.06. The fraction of sp³-hybridized carbons (Fsp3) is 0.667. The van der Waals surface area contributed by atoms with Gasteiger partial charge in [-0.3, -0.25) is 24.4 Å². The fourth-order valence-electron chi connectivity index (χ4n) is 8.51. The van der Waals surface area contributed by atoms with Gasteiger partial charge in [0.1, 0.15) is 35.3 Å². The highest BCUT2D eigenvalue weighted by Crippen LogP contribution is 2.49. The van der Waals surface area contributed by atoms with Crippen molar-refractivity contribution in [3.8, 4) is 11.5 Å². The molecule has 7 rings (SSSR count). The lowest BCUT2D eigenvalue weighted by Crippen LogP contribution is -2.58. The van der Waals surface area contributed by atoms with Crippen LogP contribution in [0.1, 0.15) is 96.2 Å². The number of carbonyl (C=O) groups is 3. The summed E-state index contributed by atoms with van der Waals surface area (Å²) in [5.74, 6) is -0.207. The maximum atomic E-state index is 14.8. The van der Waals surface area contributed by atoms with E-state index in [4.69, 9.17) is 23.9 Å². The summed E-state index contributed by atoms with van der Waals surface area (Å²) < 4.78 is 51.7. The van der Waals surface area contributed by atoms with Crippen molar-refractivity contribution in [1.29, 1.82) is 0 Å². The Labute approximate surface area is 336 Å². The minimum Gasteiger partial charge on any atom is -0.491 e. The number of hydrogen-bond acceptors (Lipinski definition) is 11. The number of ether oxygens (including phenoxy) is 4. The topological polar surface area (TPSA) is 174 Å². The Morgan fingerprint density at radius 3 is 2.68 bits per heavy atom. The van der Waals surface area contributed by atoms with E-state index in [0.717, 1.165) is 42.1 Å². The summed E-state index contributed by atoms with van der Waals surface area (Å²) >= 11 is 0. The molecule has 3 amide bonds. The second kappa shape index (κ2) is 16.5. The number of sulfonamides is 1. The van der Waals surface area contributed by atoms with Gasteiger partial charge in [0.2, 0.25) is 21.8 Å². The Morgan fingerprint density at radius 1 is 1.12 bits per heavy atom. The van der Waals surface area contributed by atoms with Crippen LogP contribution in [0.3, 0.4) is 0 Å². The molecule has 5 aliphatic rings. The predicted octanol–water partition coefficient (Wildman–Crippen LogP) is 4.22. The van der Waals surface area contributed by atoms with Crippen LogP contribution >= 0.6 is 0 Å². The van der Waals surface area contributed by atoms with Gasteiger partial charge in [-0.15, -0.1) is 0 Å². The van der Waals surface area contributed by atoms with Crippen molar-refractivity contribution in [1.82, 2.24) is 25.2 Å². The second-order valence-corrected chi connectivity index (χ2v) is 19.6. The molecular weight excluding hydrogens is 751 g/mol. The van der Waals surface area contributed by atoms with Crippen molar-refractivity contribution in [3.63, 3.8) is 0 Å². The Kier molecular flexibility index (Phi) is 11.9. The molecule has 5 unspecified atom stereocenters. The molecule has 312 valence electrons. The lowest BCUT2D eigenvalue weighted by Gasteiger charge is -2.37. The van der Waals surface area contributed by atoms with Crippen molar-refractivity contribution < 1.29 is 41.7 Å². The Hall–Kier alpha value is -3.79. The van der Waals surface area contributed by atoms with Crippen LogP contribution in [0, 0.1) is 18.8 Å². The smallest absolute Gasteiger partial charge is 0.259 e. The van der Waals surface area contributed by atoms with Crippen LogP contribution in [-0.2, 0) is 40.3 Å². The molecule has 57 heavy (non-hydrogen) atoms. The predicted molar refractivity (Wildman–Crippen MR) is 214 cm³/mol. The van der Waals surface area contributed by atoms with Crippen LogP contribution in [0.15, 0.2) is 30.4 Å². The maximum absolute atomic E-state index is 14.8. The number of nitrogens with zero attached hydrogens (tertiary/aromatic N) is 2. The first-order valence-electron chi connectivity index (χ1n) is 20.6. The number of methoxy groups -OCH3 is 1. The number of aryl methyl sites for hydroxylation is 2. The number of benzene rings is 1. The van der Waals surface area contributed by atoms with E-state index in [1.165, 1.54) is 0 Å². The Balaban J connectivity index is 1.20. The van der Waals surface area contributed by atoms with Crippen molar-refractivity contribution in [2.24, 2.45) is 11.8 Å². The zero-order valence-corrected chi connectivity index (χ0v) is 34.8. The van der Waals surface area contributed by atoms with Gasteiger partial charge in [0.15, 0.2) is 0 Å². The molecule has 1 saturated heterocycles. The normalized spacial score (nSPS) is 28.5. The minimum atomic E-state index is -3.96. The molecule has 3 N–H and O–H groups in total. The fourth-order valence-corrected chi connectivity index (χ4v) is 9.82. The molecule has 2 aromatic rings. The number of pyridine rings is 1. The molecule has 0 bridgehead atoms. The number of carbonyl (C=O) groups excluding carboxylic acids is 3. The summed E-state index contributed by atoms with van der Waals surface area (Å²) in [5, 5.41) is 7.26. The molecule has 2 aliphatic carbocycles. The number of amides is 3. The van der Waals surface area contributed by atoms with Gasteiger partial charge in [-0.1, -0.05) is 38.8 Å². The van der Waals surface area contributed by atoms with Crippen LogP contribution in [0.5, 0.6) is 11.5 Å². The monoisotopic (exact) mass is 809 g/mol. The zero-order chi connectivity index (χ0) is 40.6. The number of allylic oxidation sites excluding steroid dienone is 1. The minimum absolute atomic E-state index is 0.154. The molecule has 1 aromatic heterocycles. The third-order valence-corrected chi connectivity index (χ3v) is 14.5. The first-order chi connectivity index (χ1) is 27.2. The number of hydrogen-bond donors (Lipinski definition) is 3. The summed E-state index contributed by atoms with van der Waals surface area (Å²) in [7, 11) is -2.33. The van der Waals surface area contributed by atoms with Crippen LogP contribution in [0.25, 0.3) is 10.9 Å². The molecule has 1 spiro atoms. The van der Waals surface area contributed by atoms with Crippen LogP contribution in [-0.4, -0.2) is 104 Å². The summed E-state index contributed by atoms with van der Waals surface area (Å²) in [6.45, 7) is 9.40. The molecule has 14 nitrogen and oxygen atoms in total. The van der Waals surface area contributed by atoms with Crippen LogP contribution < -0.4 is 24.8 Å². The van der Waals surface area contributed by atoms with E-state index in [-0.39, 0.29) is 37.9 Å². The van der Waals surface area contributed by atoms with E-state index in [1.807, 2.05) is 37.3 Å². The van der Waals surface area contributed by atoms with Crippen LogP contribution in [0.2, 0.25) is 0 Å². The van der Waals surface area contributed by atoms with Gasteiger partial charge in [0, 0.05) is 30.4 Å². The number of nitrogens with one attached hydrogen (secondary N) is 3. The molecular formula is C42H59N5O9S. The molecule has 3 fully saturated rings. The highest BCUT2D eigenvalue weighted by atomic mass is 32.2. The SMILES string of the molecule is COCCOc1ccc2nc(C)c3c(c2c1)CCC1(CC2C(=O)NC4(C(=O)NS(=O)(=O)C5(C)CC5)CC4C=CCCCCCC(NCOCC(C)C)C(=O)N2C1)O3.